The third-order valence-corrected chi connectivity index (χ3v) is 3.10. The number of aryl methyl sites for hydroxylation is 1. The second kappa shape index (κ2) is 7.20. The Hall–Kier alpha value is -1.47. The highest BCUT2D eigenvalue weighted by Crippen LogP contribution is 2.23. The first kappa shape index (κ1) is 15.6. The van der Waals surface area contributed by atoms with Crippen LogP contribution >= 0.6 is 11.3 Å². The van der Waals surface area contributed by atoms with Crippen molar-refractivity contribution in [3.8, 4) is 0 Å². The smallest absolute Gasteiger partial charge is 0.350 e. The summed E-state index contributed by atoms with van der Waals surface area (Å²) in [6.45, 7) is 7.40. The molecule has 0 fully saturated rings. The van der Waals surface area contributed by atoms with E-state index < -0.39 is 5.97 Å². The molecule has 1 aromatic rings. The molecule has 6 nitrogen and oxygen atoms in total. The molecule has 0 radical (unpaired) electrons. The van der Waals surface area contributed by atoms with E-state index in [9.17, 15) is 9.59 Å². The van der Waals surface area contributed by atoms with Gasteiger partial charge in [-0.05, 0) is 27.7 Å². The van der Waals surface area contributed by atoms with Gasteiger partial charge in [-0.25, -0.2) is 9.78 Å². The molecule has 0 saturated carbocycles. The van der Waals surface area contributed by atoms with Crippen LogP contribution in [-0.2, 0) is 14.3 Å². The van der Waals surface area contributed by atoms with E-state index in [0.717, 1.165) is 11.3 Å². The van der Waals surface area contributed by atoms with Gasteiger partial charge in [-0.3, -0.25) is 10.1 Å². The monoisotopic (exact) mass is 286 g/mol. The van der Waals surface area contributed by atoms with Gasteiger partial charge >= 0.3 is 5.97 Å². The lowest BCUT2D eigenvalue weighted by molar-refractivity contribution is -0.121. The van der Waals surface area contributed by atoms with Crippen LogP contribution in [0.25, 0.3) is 0 Å². The molecule has 0 bridgehead atoms. The molecule has 7 heteroatoms. The Bertz CT molecular complexity index is 457. The summed E-state index contributed by atoms with van der Waals surface area (Å²) < 4.78 is 10.1. The molecule has 0 unspecified atom stereocenters. The minimum Gasteiger partial charge on any atom is -0.462 e. The number of hydrogen-bond donors (Lipinski definition) is 1. The summed E-state index contributed by atoms with van der Waals surface area (Å²) in [5.41, 5.74) is 0.545. The first-order valence-electron chi connectivity index (χ1n) is 6.00. The van der Waals surface area contributed by atoms with Gasteiger partial charge in [0.05, 0.1) is 18.4 Å². The van der Waals surface area contributed by atoms with Gasteiger partial charge in [0.1, 0.15) is 11.5 Å². The van der Waals surface area contributed by atoms with E-state index in [2.05, 4.69) is 10.3 Å². The molecule has 106 valence electrons. The summed E-state index contributed by atoms with van der Waals surface area (Å²) in [5, 5.41) is 2.96. The van der Waals surface area contributed by atoms with E-state index in [4.69, 9.17) is 9.47 Å². The van der Waals surface area contributed by atoms with Crippen LogP contribution in [0.3, 0.4) is 0 Å². The van der Waals surface area contributed by atoms with Crippen LogP contribution in [0.4, 0.5) is 5.13 Å². The standard InChI is InChI=1S/C12H18N2O4S/c1-5-17-11(16)10-8(4)13-12(19-10)14-9(15)6-18-7(2)3/h7H,5-6H2,1-4H3,(H,13,14,15). The van der Waals surface area contributed by atoms with Crippen LogP contribution in [0.2, 0.25) is 0 Å². The molecule has 1 heterocycles. The molecule has 1 N–H and O–H groups in total. The highest BCUT2D eigenvalue weighted by atomic mass is 32.1. The zero-order chi connectivity index (χ0) is 14.4. The summed E-state index contributed by atoms with van der Waals surface area (Å²) >= 11 is 1.10. The van der Waals surface area contributed by atoms with Gasteiger partial charge in [0.2, 0.25) is 0 Å². The highest BCUT2D eigenvalue weighted by molar-refractivity contribution is 7.17. The molecule has 0 spiro atoms. The predicted octanol–water partition coefficient (Wildman–Crippen LogP) is 1.99. The summed E-state index contributed by atoms with van der Waals surface area (Å²) in [6.07, 6.45) is -0.0149. The zero-order valence-electron chi connectivity index (χ0n) is 11.5. The SMILES string of the molecule is CCOC(=O)c1sc(NC(=O)COC(C)C)nc1C. The Morgan fingerprint density at radius 3 is 2.68 bits per heavy atom. The van der Waals surface area contributed by atoms with Crippen molar-refractivity contribution < 1.29 is 19.1 Å². The Balaban J connectivity index is 2.63. The van der Waals surface area contributed by atoms with Crippen LogP contribution in [-0.4, -0.2) is 36.2 Å². The fraction of sp³-hybridized carbons (Fsp3) is 0.583. The van der Waals surface area contributed by atoms with E-state index in [1.807, 2.05) is 13.8 Å². The second-order valence-corrected chi connectivity index (χ2v) is 5.06. The predicted molar refractivity (Wildman–Crippen MR) is 72.5 cm³/mol. The van der Waals surface area contributed by atoms with Crippen LogP contribution in [0.15, 0.2) is 0 Å². The van der Waals surface area contributed by atoms with Crippen molar-refractivity contribution in [2.24, 2.45) is 0 Å². The first-order chi connectivity index (χ1) is 8.93. The number of esters is 1. The van der Waals surface area contributed by atoms with Gasteiger partial charge in [-0.2, -0.15) is 0 Å². The molecular weight excluding hydrogens is 268 g/mol. The third kappa shape index (κ3) is 4.96. The average Bonchev–Trinajstić information content (AvgIpc) is 2.68. The Kier molecular flexibility index (Phi) is 5.91. The molecular formula is C12H18N2O4S. The number of hydrogen-bond acceptors (Lipinski definition) is 6. The van der Waals surface area contributed by atoms with Gasteiger partial charge in [0, 0.05) is 0 Å². The van der Waals surface area contributed by atoms with Crippen LogP contribution < -0.4 is 5.32 Å². The normalized spacial score (nSPS) is 10.6. The van der Waals surface area contributed by atoms with Crippen molar-refractivity contribution in [1.82, 2.24) is 4.98 Å². The number of carbonyl (C=O) groups is 2. The summed E-state index contributed by atoms with van der Waals surface area (Å²) in [4.78, 5) is 27.7. The third-order valence-electron chi connectivity index (χ3n) is 2.05. The van der Waals surface area contributed by atoms with Gasteiger partial charge in [0.25, 0.3) is 5.91 Å². The number of nitrogens with one attached hydrogen (secondary N) is 1. The van der Waals surface area contributed by atoms with Crippen molar-refractivity contribution in [2.45, 2.75) is 33.8 Å². The largest absolute Gasteiger partial charge is 0.462 e. The maximum absolute atomic E-state index is 11.6. The van der Waals surface area contributed by atoms with Gasteiger partial charge in [0.15, 0.2) is 5.13 Å². The molecule has 0 saturated heterocycles. The Morgan fingerprint density at radius 2 is 2.11 bits per heavy atom. The molecule has 0 aliphatic heterocycles. The van der Waals surface area contributed by atoms with Crippen molar-refractivity contribution in [1.29, 1.82) is 0 Å². The minimum atomic E-state index is -0.420. The number of ether oxygens (including phenoxy) is 2. The van der Waals surface area contributed by atoms with E-state index >= 15 is 0 Å². The van der Waals surface area contributed by atoms with Crippen LogP contribution in [0.1, 0.15) is 36.1 Å². The van der Waals surface area contributed by atoms with Gasteiger partial charge in [-0.1, -0.05) is 11.3 Å². The van der Waals surface area contributed by atoms with E-state index in [-0.39, 0.29) is 18.6 Å². The van der Waals surface area contributed by atoms with Crippen molar-refractivity contribution >= 4 is 28.3 Å². The van der Waals surface area contributed by atoms with Gasteiger partial charge in [-0.15, -0.1) is 0 Å². The van der Waals surface area contributed by atoms with Gasteiger partial charge < -0.3 is 9.47 Å². The first-order valence-corrected chi connectivity index (χ1v) is 6.81. The molecule has 1 rings (SSSR count). The topological polar surface area (TPSA) is 77.5 Å². The summed E-state index contributed by atoms with van der Waals surface area (Å²) in [6, 6.07) is 0. The lowest BCUT2D eigenvalue weighted by atomic mass is 10.4. The number of amides is 1. The van der Waals surface area contributed by atoms with E-state index in [1.165, 1.54) is 0 Å². The molecule has 19 heavy (non-hydrogen) atoms. The molecule has 0 aliphatic carbocycles. The lowest BCUT2D eigenvalue weighted by Crippen LogP contribution is -2.20. The summed E-state index contributed by atoms with van der Waals surface area (Å²) in [7, 11) is 0. The average molecular weight is 286 g/mol. The number of rotatable bonds is 6. The number of carbonyl (C=O) groups excluding carboxylic acids is 2. The minimum absolute atomic E-state index is 0.0149. The molecule has 1 aromatic heterocycles. The maximum Gasteiger partial charge on any atom is 0.350 e. The molecule has 0 aromatic carbocycles. The quantitative estimate of drug-likeness (QED) is 0.809. The number of anilines is 1. The number of aromatic nitrogens is 1. The maximum atomic E-state index is 11.6. The Labute approximate surface area is 116 Å². The molecule has 0 aliphatic rings. The van der Waals surface area contributed by atoms with E-state index in [0.29, 0.717) is 22.3 Å². The fourth-order valence-corrected chi connectivity index (χ4v) is 2.11. The highest BCUT2D eigenvalue weighted by Gasteiger charge is 2.17. The number of nitrogens with zero attached hydrogens (tertiary/aromatic N) is 1. The molecule has 1 amide bonds. The Morgan fingerprint density at radius 1 is 1.42 bits per heavy atom. The van der Waals surface area contributed by atoms with Crippen molar-refractivity contribution in [2.75, 3.05) is 18.5 Å². The second-order valence-electron chi connectivity index (χ2n) is 4.06. The lowest BCUT2D eigenvalue weighted by Gasteiger charge is -2.06. The van der Waals surface area contributed by atoms with E-state index in [1.54, 1.807) is 13.8 Å². The van der Waals surface area contributed by atoms with Crippen molar-refractivity contribution in [3.05, 3.63) is 10.6 Å². The molecule has 0 atom stereocenters. The fourth-order valence-electron chi connectivity index (χ4n) is 1.23. The van der Waals surface area contributed by atoms with Crippen LogP contribution in [0, 0.1) is 6.92 Å². The van der Waals surface area contributed by atoms with Crippen LogP contribution in [0.5, 0.6) is 0 Å². The number of thiazole rings is 1. The van der Waals surface area contributed by atoms with Crippen molar-refractivity contribution in [3.63, 3.8) is 0 Å². The summed E-state index contributed by atoms with van der Waals surface area (Å²) in [5.74, 6) is -0.714. The zero-order valence-corrected chi connectivity index (χ0v) is 12.3.